The molecule has 0 fully saturated rings. The minimum Gasteiger partial charge on any atom is -0.616 e. The fourth-order valence-corrected chi connectivity index (χ4v) is 4.67. The zero-order valence-corrected chi connectivity index (χ0v) is 17.3. The van der Waals surface area contributed by atoms with Crippen LogP contribution in [0.5, 0.6) is 0 Å². The van der Waals surface area contributed by atoms with E-state index in [1.54, 1.807) is 30.7 Å². The van der Waals surface area contributed by atoms with E-state index in [2.05, 4.69) is 4.98 Å². The van der Waals surface area contributed by atoms with Crippen molar-refractivity contribution in [2.45, 2.75) is 18.6 Å². The second-order valence-electron chi connectivity index (χ2n) is 7.43. The van der Waals surface area contributed by atoms with Crippen LogP contribution in [0.3, 0.4) is 0 Å². The number of aromatic amines is 1. The first-order valence-electron chi connectivity index (χ1n) is 9.44. The van der Waals surface area contributed by atoms with Gasteiger partial charge >= 0.3 is 0 Å². The molecule has 1 heterocycles. The molecule has 4 aromatic rings. The van der Waals surface area contributed by atoms with Crippen LogP contribution >= 0.6 is 0 Å². The average Bonchev–Trinajstić information content (AvgIpc) is 3.08. The van der Waals surface area contributed by atoms with Crippen LogP contribution in [0.4, 0.5) is 13.2 Å². The number of benzene rings is 3. The molecule has 0 radical (unpaired) electrons. The van der Waals surface area contributed by atoms with Gasteiger partial charge in [0.15, 0.2) is 0 Å². The van der Waals surface area contributed by atoms with Gasteiger partial charge in [-0.1, -0.05) is 29.4 Å². The second kappa shape index (κ2) is 8.20. The summed E-state index contributed by atoms with van der Waals surface area (Å²) < 4.78 is 53.5. The second-order valence-corrected chi connectivity index (χ2v) is 8.87. The third-order valence-electron chi connectivity index (χ3n) is 5.28. The van der Waals surface area contributed by atoms with E-state index in [-0.39, 0.29) is 23.3 Å². The average molecular weight is 427 g/mol. The van der Waals surface area contributed by atoms with Crippen LogP contribution in [0, 0.1) is 24.4 Å². The molecule has 0 aliphatic heterocycles. The topological polar surface area (TPSA) is 38.8 Å². The SMILES string of the molecule is Cc1cc(F)ccc1C(c1ccc(F)cc1)c1c[nH]c2c(C[S+](C)[O-])cc(F)cc12. The van der Waals surface area contributed by atoms with E-state index in [9.17, 15) is 17.7 Å². The van der Waals surface area contributed by atoms with Gasteiger partial charge < -0.3 is 9.54 Å². The van der Waals surface area contributed by atoms with Gasteiger partial charge in [0, 0.05) is 23.1 Å². The summed E-state index contributed by atoms with van der Waals surface area (Å²) in [5.41, 5.74) is 4.52. The van der Waals surface area contributed by atoms with Crippen molar-refractivity contribution in [3.8, 4) is 0 Å². The minimum absolute atomic E-state index is 0.227. The molecule has 2 atom stereocenters. The molecular formula is C24H20F3NOS. The molecule has 0 saturated carbocycles. The molecule has 2 unspecified atom stereocenters. The van der Waals surface area contributed by atoms with Gasteiger partial charge in [-0.2, -0.15) is 0 Å². The summed E-state index contributed by atoms with van der Waals surface area (Å²) in [4.78, 5) is 3.20. The Balaban J connectivity index is 1.96. The molecule has 154 valence electrons. The maximum atomic E-state index is 14.4. The summed E-state index contributed by atoms with van der Waals surface area (Å²) >= 11 is -1.13. The van der Waals surface area contributed by atoms with Crippen molar-refractivity contribution in [3.63, 3.8) is 0 Å². The summed E-state index contributed by atoms with van der Waals surface area (Å²) in [5, 5.41) is 0.661. The molecule has 2 nitrogen and oxygen atoms in total. The van der Waals surface area contributed by atoms with E-state index < -0.39 is 17.0 Å². The lowest BCUT2D eigenvalue weighted by molar-refractivity contribution is 0.599. The van der Waals surface area contributed by atoms with Gasteiger partial charge in [-0.05, 0) is 65.6 Å². The number of aryl methyl sites for hydroxylation is 1. The largest absolute Gasteiger partial charge is 0.616 e. The fourth-order valence-electron chi connectivity index (χ4n) is 4.01. The highest BCUT2D eigenvalue weighted by atomic mass is 32.2. The molecule has 4 rings (SSSR count). The quantitative estimate of drug-likeness (QED) is 0.393. The molecule has 6 heteroatoms. The molecule has 0 amide bonds. The normalized spacial score (nSPS) is 13.5. The summed E-state index contributed by atoms with van der Waals surface area (Å²) in [6.45, 7) is 1.82. The van der Waals surface area contributed by atoms with Crippen molar-refractivity contribution in [1.82, 2.24) is 4.98 Å². The molecule has 0 aliphatic carbocycles. The number of aromatic nitrogens is 1. The van der Waals surface area contributed by atoms with E-state index in [1.165, 1.54) is 36.4 Å². The standard InChI is InChI=1S/C24H20F3NOS/c1-14-9-18(26)7-8-20(14)23(15-3-5-17(25)6-4-15)22-12-28-24-16(13-30(2)29)10-19(27)11-21(22)24/h3-12,23,28H,13H2,1-2H3. The Kier molecular flexibility index (Phi) is 5.62. The molecule has 1 N–H and O–H groups in total. The molecule has 0 saturated heterocycles. The predicted molar refractivity (Wildman–Crippen MR) is 115 cm³/mol. The zero-order valence-electron chi connectivity index (χ0n) is 16.5. The van der Waals surface area contributed by atoms with Crippen LogP contribution < -0.4 is 0 Å². The lowest BCUT2D eigenvalue weighted by atomic mass is 9.83. The zero-order chi connectivity index (χ0) is 21.4. The summed E-state index contributed by atoms with van der Waals surface area (Å²) in [7, 11) is 0. The van der Waals surface area contributed by atoms with Crippen molar-refractivity contribution in [3.05, 3.63) is 106 Å². The molecule has 1 aromatic heterocycles. The van der Waals surface area contributed by atoms with Gasteiger partial charge in [0.05, 0.1) is 11.8 Å². The molecule has 0 aliphatic rings. The monoisotopic (exact) mass is 427 g/mol. The van der Waals surface area contributed by atoms with E-state index in [0.717, 1.165) is 22.3 Å². The number of rotatable bonds is 5. The van der Waals surface area contributed by atoms with Gasteiger partial charge in [-0.25, -0.2) is 13.2 Å². The lowest BCUT2D eigenvalue weighted by Crippen LogP contribution is -2.06. The maximum Gasteiger partial charge on any atom is 0.132 e. The van der Waals surface area contributed by atoms with Crippen molar-refractivity contribution in [2.75, 3.05) is 6.26 Å². The summed E-state index contributed by atoms with van der Waals surface area (Å²) in [6, 6.07) is 13.5. The molecule has 0 bridgehead atoms. The number of halogens is 3. The highest BCUT2D eigenvalue weighted by Crippen LogP contribution is 2.39. The van der Waals surface area contributed by atoms with Crippen LogP contribution in [0.2, 0.25) is 0 Å². The van der Waals surface area contributed by atoms with Crippen LogP contribution in [0.15, 0.2) is 60.8 Å². The molecule has 0 spiro atoms. The summed E-state index contributed by atoms with van der Waals surface area (Å²) in [5.74, 6) is -1.25. The van der Waals surface area contributed by atoms with Crippen LogP contribution in [0.1, 0.15) is 33.7 Å². The number of fused-ring (bicyclic) bond motifs is 1. The first kappa shape index (κ1) is 20.6. The minimum atomic E-state index is -1.13. The van der Waals surface area contributed by atoms with E-state index in [4.69, 9.17) is 0 Å². The third kappa shape index (κ3) is 3.98. The molecular weight excluding hydrogens is 407 g/mol. The Morgan fingerprint density at radius 2 is 1.60 bits per heavy atom. The summed E-state index contributed by atoms with van der Waals surface area (Å²) in [6.07, 6.45) is 3.37. The van der Waals surface area contributed by atoms with Crippen LogP contribution in [-0.2, 0) is 16.9 Å². The van der Waals surface area contributed by atoms with Gasteiger partial charge in [0.25, 0.3) is 0 Å². The Morgan fingerprint density at radius 1 is 0.900 bits per heavy atom. The highest BCUT2D eigenvalue weighted by molar-refractivity contribution is 7.89. The number of nitrogens with one attached hydrogen (secondary N) is 1. The lowest BCUT2D eigenvalue weighted by Gasteiger charge is -2.20. The Labute approximate surface area is 175 Å². The third-order valence-corrected chi connectivity index (χ3v) is 6.00. The van der Waals surface area contributed by atoms with Gasteiger partial charge in [0.1, 0.15) is 23.2 Å². The number of H-pyrrole nitrogens is 1. The number of hydrogen-bond acceptors (Lipinski definition) is 1. The first-order valence-corrected chi connectivity index (χ1v) is 11.2. The van der Waals surface area contributed by atoms with Gasteiger partial charge in [-0.3, -0.25) is 0 Å². The van der Waals surface area contributed by atoms with E-state index in [0.29, 0.717) is 16.5 Å². The van der Waals surface area contributed by atoms with E-state index >= 15 is 0 Å². The Morgan fingerprint density at radius 3 is 2.27 bits per heavy atom. The van der Waals surface area contributed by atoms with Crippen molar-refractivity contribution >= 4 is 22.1 Å². The molecule has 30 heavy (non-hydrogen) atoms. The van der Waals surface area contributed by atoms with Crippen LogP contribution in [0.25, 0.3) is 10.9 Å². The van der Waals surface area contributed by atoms with Crippen molar-refractivity contribution in [2.24, 2.45) is 0 Å². The molecule has 3 aromatic carbocycles. The highest BCUT2D eigenvalue weighted by Gasteiger charge is 2.24. The predicted octanol–water partition coefficient (Wildman–Crippen LogP) is 5.95. The Hall–Kier alpha value is -2.70. The maximum absolute atomic E-state index is 14.4. The fraction of sp³-hybridized carbons (Fsp3) is 0.167. The number of hydrogen-bond donors (Lipinski definition) is 1. The van der Waals surface area contributed by atoms with E-state index in [1.807, 2.05) is 6.92 Å². The first-order chi connectivity index (χ1) is 14.3. The van der Waals surface area contributed by atoms with Crippen molar-refractivity contribution < 1.29 is 17.7 Å². The van der Waals surface area contributed by atoms with Crippen LogP contribution in [-0.4, -0.2) is 15.8 Å². The smallest absolute Gasteiger partial charge is 0.132 e. The van der Waals surface area contributed by atoms with Crippen molar-refractivity contribution in [1.29, 1.82) is 0 Å². The van der Waals surface area contributed by atoms with Gasteiger partial charge in [-0.15, -0.1) is 0 Å². The Bertz CT molecular complexity index is 1200. The van der Waals surface area contributed by atoms with Gasteiger partial charge in [0.2, 0.25) is 0 Å².